The van der Waals surface area contributed by atoms with Gasteiger partial charge in [0, 0.05) is 13.2 Å². The van der Waals surface area contributed by atoms with E-state index < -0.39 is 5.95 Å². The Bertz CT molecular complexity index is 1120. The fraction of sp³-hybridized carbons (Fsp3) is 0.333. The van der Waals surface area contributed by atoms with E-state index in [0.717, 1.165) is 11.3 Å². The minimum Gasteiger partial charge on any atom is -0.492 e. The molecule has 3 rings (SSSR count). The van der Waals surface area contributed by atoms with Crippen LogP contribution in [-0.2, 0) is 16.1 Å². The number of nitrogens with one attached hydrogen (secondary N) is 1. The lowest BCUT2D eigenvalue weighted by Crippen LogP contribution is -2.33. The molecule has 0 aliphatic heterocycles. The highest BCUT2D eigenvalue weighted by atomic mass is 19.1. The van der Waals surface area contributed by atoms with Crippen LogP contribution in [0.5, 0.6) is 11.5 Å². The number of ether oxygens (including phenoxy) is 2. The van der Waals surface area contributed by atoms with Crippen LogP contribution in [0.15, 0.2) is 48.8 Å². The number of hydrogen-bond acceptors (Lipinski definition) is 6. The van der Waals surface area contributed by atoms with Crippen LogP contribution in [0, 0.1) is 19.8 Å². The molecule has 1 aromatic carbocycles. The summed E-state index contributed by atoms with van der Waals surface area (Å²) in [5.41, 5.74) is 2.04. The van der Waals surface area contributed by atoms with Crippen molar-refractivity contribution in [2.45, 2.75) is 26.8 Å². The van der Waals surface area contributed by atoms with Crippen molar-refractivity contribution in [3.63, 3.8) is 0 Å². The second-order valence-electron chi connectivity index (χ2n) is 7.77. The quantitative estimate of drug-likeness (QED) is 0.434. The van der Waals surface area contributed by atoms with E-state index in [4.69, 9.17) is 9.47 Å². The molecule has 0 saturated heterocycles. The van der Waals surface area contributed by atoms with E-state index in [-0.39, 0.29) is 31.4 Å². The van der Waals surface area contributed by atoms with Crippen LogP contribution in [0.4, 0.5) is 10.1 Å². The monoisotopic (exact) mass is 469 g/mol. The number of halogens is 1. The first-order chi connectivity index (χ1) is 16.3. The predicted octanol–water partition coefficient (Wildman–Crippen LogP) is 2.98. The molecule has 180 valence electrons. The normalized spacial score (nSPS) is 10.6. The molecule has 0 radical (unpaired) electrons. The van der Waals surface area contributed by atoms with E-state index >= 15 is 0 Å². The van der Waals surface area contributed by atoms with Crippen molar-refractivity contribution in [3.8, 4) is 11.5 Å². The summed E-state index contributed by atoms with van der Waals surface area (Å²) in [4.78, 5) is 29.8. The van der Waals surface area contributed by atoms with Crippen LogP contribution in [0.2, 0.25) is 0 Å². The minimum atomic E-state index is -0.583. The lowest BCUT2D eigenvalue weighted by molar-refractivity contribution is -0.131. The van der Waals surface area contributed by atoms with E-state index in [0.29, 0.717) is 30.3 Å². The zero-order valence-electron chi connectivity index (χ0n) is 19.5. The van der Waals surface area contributed by atoms with Crippen LogP contribution in [0.3, 0.4) is 0 Å². The van der Waals surface area contributed by atoms with Gasteiger partial charge in [0.25, 0.3) is 0 Å². The first-order valence-corrected chi connectivity index (χ1v) is 10.8. The van der Waals surface area contributed by atoms with E-state index in [1.165, 1.54) is 23.0 Å². The Morgan fingerprint density at radius 3 is 2.59 bits per heavy atom. The number of hydrogen-bond donors (Lipinski definition) is 1. The molecule has 0 spiro atoms. The number of aryl methyl sites for hydroxylation is 2. The Hall–Kier alpha value is -3.95. The third kappa shape index (κ3) is 7.58. The average Bonchev–Trinajstić information content (AvgIpc) is 3.23. The molecule has 0 aliphatic rings. The van der Waals surface area contributed by atoms with Crippen molar-refractivity contribution in [2.75, 3.05) is 32.1 Å². The molecule has 2 aromatic heterocycles. The van der Waals surface area contributed by atoms with Gasteiger partial charge in [-0.3, -0.25) is 14.3 Å². The molecule has 0 bridgehead atoms. The molecule has 1 N–H and O–H groups in total. The fourth-order valence-electron chi connectivity index (χ4n) is 2.98. The summed E-state index contributed by atoms with van der Waals surface area (Å²) >= 11 is 0. The van der Waals surface area contributed by atoms with Gasteiger partial charge >= 0.3 is 0 Å². The lowest BCUT2D eigenvalue weighted by Gasteiger charge is -2.17. The first kappa shape index (κ1) is 24.7. The Balaban J connectivity index is 1.37. The van der Waals surface area contributed by atoms with Gasteiger partial charge in [-0.05, 0) is 38.1 Å². The number of aromatic nitrogens is 3. The van der Waals surface area contributed by atoms with Crippen molar-refractivity contribution < 1.29 is 23.5 Å². The highest BCUT2D eigenvalue weighted by molar-refractivity contribution is 5.90. The van der Waals surface area contributed by atoms with Gasteiger partial charge in [-0.25, -0.2) is 4.98 Å². The molecule has 2 amide bonds. The van der Waals surface area contributed by atoms with Gasteiger partial charge in [0.1, 0.15) is 24.7 Å². The van der Waals surface area contributed by atoms with Crippen molar-refractivity contribution in [3.05, 3.63) is 66.0 Å². The Morgan fingerprint density at radius 2 is 1.85 bits per heavy atom. The highest BCUT2D eigenvalue weighted by Crippen LogP contribution is 2.16. The molecule has 0 unspecified atom stereocenters. The predicted molar refractivity (Wildman–Crippen MR) is 124 cm³/mol. The maximum atomic E-state index is 13.0. The van der Waals surface area contributed by atoms with E-state index in [2.05, 4.69) is 15.4 Å². The SMILES string of the molecule is Cc1ccc(OCCN(C)C(=O)Cn2cc(NC(=O)CCOc3ccc(F)nc3C)cn2)cc1. The Morgan fingerprint density at radius 1 is 1.09 bits per heavy atom. The van der Waals surface area contributed by atoms with Crippen LogP contribution in [-0.4, -0.2) is 58.3 Å². The topological polar surface area (TPSA) is 98.6 Å². The molecule has 0 saturated carbocycles. The molecule has 34 heavy (non-hydrogen) atoms. The summed E-state index contributed by atoms with van der Waals surface area (Å²) in [7, 11) is 1.70. The van der Waals surface area contributed by atoms with E-state index in [1.54, 1.807) is 25.1 Å². The first-order valence-electron chi connectivity index (χ1n) is 10.8. The lowest BCUT2D eigenvalue weighted by atomic mass is 10.2. The number of anilines is 1. The molecule has 0 atom stereocenters. The largest absolute Gasteiger partial charge is 0.492 e. The van der Waals surface area contributed by atoms with Crippen molar-refractivity contribution in [2.24, 2.45) is 0 Å². The molecule has 2 heterocycles. The third-order valence-corrected chi connectivity index (χ3v) is 4.95. The van der Waals surface area contributed by atoms with Gasteiger partial charge in [0.2, 0.25) is 17.8 Å². The number of pyridine rings is 1. The maximum Gasteiger partial charge on any atom is 0.244 e. The Kier molecular flexibility index (Phi) is 8.55. The average molecular weight is 470 g/mol. The number of benzene rings is 1. The number of carbonyl (C=O) groups excluding carboxylic acids is 2. The minimum absolute atomic E-state index is 0.0385. The molecule has 10 heteroatoms. The van der Waals surface area contributed by atoms with Gasteiger partial charge < -0.3 is 19.7 Å². The van der Waals surface area contributed by atoms with Gasteiger partial charge in [0.15, 0.2) is 0 Å². The van der Waals surface area contributed by atoms with Crippen molar-refractivity contribution in [1.29, 1.82) is 0 Å². The van der Waals surface area contributed by atoms with Crippen LogP contribution >= 0.6 is 0 Å². The number of nitrogens with zero attached hydrogens (tertiary/aromatic N) is 4. The molecule has 0 fully saturated rings. The van der Waals surface area contributed by atoms with Crippen LogP contribution in [0.1, 0.15) is 17.7 Å². The maximum absolute atomic E-state index is 13.0. The number of rotatable bonds is 11. The second-order valence-corrected chi connectivity index (χ2v) is 7.77. The smallest absolute Gasteiger partial charge is 0.244 e. The van der Waals surface area contributed by atoms with Crippen LogP contribution in [0.25, 0.3) is 0 Å². The summed E-state index contributed by atoms with van der Waals surface area (Å²) < 4.78 is 25.6. The third-order valence-electron chi connectivity index (χ3n) is 4.95. The zero-order chi connectivity index (χ0) is 24.5. The fourth-order valence-corrected chi connectivity index (χ4v) is 2.98. The van der Waals surface area contributed by atoms with Gasteiger partial charge in [0.05, 0.1) is 37.2 Å². The van der Waals surface area contributed by atoms with Gasteiger partial charge in [-0.2, -0.15) is 9.49 Å². The number of carbonyl (C=O) groups is 2. The second kappa shape index (κ2) is 11.8. The number of amides is 2. The molecular weight excluding hydrogens is 441 g/mol. The van der Waals surface area contributed by atoms with Gasteiger partial charge in [-0.1, -0.05) is 17.7 Å². The molecule has 0 aliphatic carbocycles. The molecule has 9 nitrogen and oxygen atoms in total. The zero-order valence-corrected chi connectivity index (χ0v) is 19.5. The standard InChI is InChI=1S/C24H28FN5O4/c1-17-4-6-20(7-5-17)33-13-11-29(3)24(32)16-30-15-19(14-26-30)28-23(31)10-12-34-21-8-9-22(25)27-18(21)2/h4-9,14-15H,10-13,16H2,1-3H3,(H,28,31). The summed E-state index contributed by atoms with van der Waals surface area (Å²) in [5, 5.41) is 6.83. The van der Waals surface area contributed by atoms with Gasteiger partial charge in [-0.15, -0.1) is 0 Å². The van der Waals surface area contributed by atoms with E-state index in [1.807, 2.05) is 31.2 Å². The van der Waals surface area contributed by atoms with Crippen LogP contribution < -0.4 is 14.8 Å². The molecular formula is C24H28FN5O4. The molecule has 3 aromatic rings. The summed E-state index contributed by atoms with van der Waals surface area (Å²) in [6.07, 6.45) is 3.15. The van der Waals surface area contributed by atoms with Crippen molar-refractivity contribution >= 4 is 17.5 Å². The summed E-state index contributed by atoms with van der Waals surface area (Å²) in [5.74, 6) is 0.191. The van der Waals surface area contributed by atoms with E-state index in [9.17, 15) is 14.0 Å². The van der Waals surface area contributed by atoms with Crippen molar-refractivity contribution in [1.82, 2.24) is 19.7 Å². The Labute approximate surface area is 197 Å². The summed E-state index contributed by atoms with van der Waals surface area (Å²) in [6.45, 7) is 4.59. The summed E-state index contributed by atoms with van der Waals surface area (Å²) in [6, 6.07) is 10.4. The number of likely N-dealkylation sites (N-methyl/N-ethyl adjacent to an activating group) is 1. The highest BCUT2D eigenvalue weighted by Gasteiger charge is 2.12.